The molecule has 1 unspecified atom stereocenters. The Kier molecular flexibility index (Phi) is 4.50. The number of hydrogen-bond acceptors (Lipinski definition) is 6. The second-order valence-corrected chi connectivity index (χ2v) is 10.2. The van der Waals surface area contributed by atoms with E-state index in [1.807, 2.05) is 0 Å². The molecule has 2 N–H and O–H groups in total. The lowest BCUT2D eigenvalue weighted by molar-refractivity contribution is -0.0533. The molecular weight excluding hydrogens is 402 g/mol. The molecule has 1 aromatic heterocycles. The zero-order valence-corrected chi connectivity index (χ0v) is 16.5. The lowest BCUT2D eigenvalue weighted by Gasteiger charge is -2.38. The molecule has 0 spiro atoms. The van der Waals surface area contributed by atoms with Crippen molar-refractivity contribution in [1.82, 2.24) is 14.1 Å². The number of aromatic nitrogens is 2. The second-order valence-electron chi connectivity index (χ2n) is 8.10. The maximum Gasteiger partial charge on any atom is 0.256 e. The Hall–Kier alpha value is -1.88. The Morgan fingerprint density at radius 1 is 1.21 bits per heavy atom. The van der Waals surface area contributed by atoms with E-state index < -0.39 is 33.8 Å². The number of ether oxygens (including phenoxy) is 1. The SMILES string of the molecule is N[C@@H]1C[C@H](N2Cc3cn(S(=O)(=O)C4CC4)nc3C2)COC1c1cc(F)ccc1F. The van der Waals surface area contributed by atoms with Crippen molar-refractivity contribution >= 4 is 10.0 Å². The van der Waals surface area contributed by atoms with E-state index in [-0.39, 0.29) is 16.9 Å². The van der Waals surface area contributed by atoms with E-state index in [1.165, 1.54) is 0 Å². The van der Waals surface area contributed by atoms with Crippen LogP contribution < -0.4 is 5.73 Å². The van der Waals surface area contributed by atoms with Crippen LogP contribution in [0.1, 0.15) is 42.2 Å². The van der Waals surface area contributed by atoms with Crippen LogP contribution in [0, 0.1) is 11.6 Å². The fraction of sp³-hybridized carbons (Fsp3) is 0.526. The van der Waals surface area contributed by atoms with E-state index in [1.54, 1.807) is 6.20 Å². The van der Waals surface area contributed by atoms with Gasteiger partial charge in [0.1, 0.15) is 17.7 Å². The van der Waals surface area contributed by atoms with Crippen LogP contribution >= 0.6 is 0 Å². The highest BCUT2D eigenvalue weighted by molar-refractivity contribution is 7.90. The normalized spacial score (nSPS) is 27.9. The molecule has 1 aromatic carbocycles. The third-order valence-corrected chi connectivity index (χ3v) is 7.99. The quantitative estimate of drug-likeness (QED) is 0.803. The van der Waals surface area contributed by atoms with Crippen LogP contribution in [-0.2, 0) is 27.8 Å². The summed E-state index contributed by atoms with van der Waals surface area (Å²) in [7, 11) is -3.36. The fourth-order valence-electron chi connectivity index (χ4n) is 4.21. The summed E-state index contributed by atoms with van der Waals surface area (Å²) in [5.41, 5.74) is 8.03. The summed E-state index contributed by atoms with van der Waals surface area (Å²) in [4.78, 5) is 2.14. The molecule has 3 atom stereocenters. The molecule has 2 aromatic rings. The lowest BCUT2D eigenvalue weighted by atomic mass is 9.93. The predicted octanol–water partition coefficient (Wildman–Crippen LogP) is 1.67. The first-order valence-corrected chi connectivity index (χ1v) is 11.2. The van der Waals surface area contributed by atoms with Crippen LogP contribution in [0.4, 0.5) is 8.78 Å². The van der Waals surface area contributed by atoms with Gasteiger partial charge in [-0.15, -0.1) is 0 Å². The van der Waals surface area contributed by atoms with Gasteiger partial charge >= 0.3 is 0 Å². The predicted molar refractivity (Wildman–Crippen MR) is 100 cm³/mol. The van der Waals surface area contributed by atoms with Crippen molar-refractivity contribution in [2.45, 2.75) is 55.8 Å². The van der Waals surface area contributed by atoms with E-state index in [0.717, 1.165) is 33.5 Å². The average Bonchev–Trinajstić information content (AvgIpc) is 3.35. The van der Waals surface area contributed by atoms with Crippen LogP contribution in [0.3, 0.4) is 0 Å². The van der Waals surface area contributed by atoms with Crippen molar-refractivity contribution < 1.29 is 21.9 Å². The Bertz CT molecular complexity index is 1030. The second kappa shape index (κ2) is 6.83. The fourth-order valence-corrected chi connectivity index (χ4v) is 5.73. The molecule has 156 valence electrons. The standard InChI is InChI=1S/C19H22F2N4O3S/c20-12-1-4-16(21)15(5-12)19-17(22)6-13(10-28-19)24-7-11-8-25(23-18(11)9-24)29(26,27)14-2-3-14/h1,4-5,8,13-14,17,19H,2-3,6-7,9-10,22H2/t13-,17+,19?/m0/s1. The molecule has 10 heteroatoms. The molecule has 2 fully saturated rings. The van der Waals surface area contributed by atoms with Crippen molar-refractivity contribution in [1.29, 1.82) is 0 Å². The molecule has 2 aliphatic heterocycles. The topological polar surface area (TPSA) is 90.5 Å². The highest BCUT2D eigenvalue weighted by atomic mass is 32.2. The Labute approximate surface area is 167 Å². The summed E-state index contributed by atoms with van der Waals surface area (Å²) in [6, 6.07) is 2.81. The molecule has 1 saturated heterocycles. The van der Waals surface area contributed by atoms with Crippen molar-refractivity contribution in [2.24, 2.45) is 5.73 Å². The van der Waals surface area contributed by atoms with Crippen LogP contribution in [0.5, 0.6) is 0 Å². The summed E-state index contributed by atoms with van der Waals surface area (Å²) in [6.07, 6.45) is 2.87. The molecule has 5 rings (SSSR count). The molecule has 0 bridgehead atoms. The smallest absolute Gasteiger partial charge is 0.256 e. The number of nitrogens with zero attached hydrogens (tertiary/aromatic N) is 3. The van der Waals surface area contributed by atoms with E-state index in [4.69, 9.17) is 10.5 Å². The van der Waals surface area contributed by atoms with Crippen molar-refractivity contribution in [2.75, 3.05) is 6.61 Å². The summed E-state index contributed by atoms with van der Waals surface area (Å²) < 4.78 is 59.2. The molecule has 1 saturated carbocycles. The van der Waals surface area contributed by atoms with E-state index in [0.29, 0.717) is 39.0 Å². The largest absolute Gasteiger partial charge is 0.370 e. The summed E-state index contributed by atoms with van der Waals surface area (Å²) in [5, 5.41) is 3.99. The molecule has 3 aliphatic rings. The minimum atomic E-state index is -3.36. The van der Waals surface area contributed by atoms with Gasteiger partial charge in [0, 0.05) is 42.5 Å². The van der Waals surface area contributed by atoms with Gasteiger partial charge in [0.05, 0.1) is 17.6 Å². The number of fused-ring (bicyclic) bond motifs is 1. The van der Waals surface area contributed by atoms with Crippen molar-refractivity contribution in [3.05, 3.63) is 52.9 Å². The lowest BCUT2D eigenvalue weighted by Crippen LogP contribution is -2.47. The van der Waals surface area contributed by atoms with Crippen LogP contribution in [0.15, 0.2) is 24.4 Å². The molecule has 0 amide bonds. The van der Waals surface area contributed by atoms with Gasteiger partial charge in [-0.25, -0.2) is 17.2 Å². The Morgan fingerprint density at radius 3 is 2.69 bits per heavy atom. The minimum absolute atomic E-state index is 0.000518. The Morgan fingerprint density at radius 2 is 2.00 bits per heavy atom. The maximum atomic E-state index is 14.1. The van der Waals surface area contributed by atoms with E-state index in [2.05, 4.69) is 10.00 Å². The van der Waals surface area contributed by atoms with Crippen LogP contribution in [0.25, 0.3) is 0 Å². The number of hydrogen-bond donors (Lipinski definition) is 1. The first kappa shape index (κ1) is 19.1. The van der Waals surface area contributed by atoms with Gasteiger partial charge in [0.2, 0.25) is 0 Å². The molecule has 7 nitrogen and oxygen atoms in total. The molecule has 0 radical (unpaired) electrons. The monoisotopic (exact) mass is 424 g/mol. The Balaban J connectivity index is 1.26. The number of halogens is 2. The van der Waals surface area contributed by atoms with E-state index >= 15 is 0 Å². The average molecular weight is 424 g/mol. The van der Waals surface area contributed by atoms with Gasteiger partial charge in [0.25, 0.3) is 10.0 Å². The summed E-state index contributed by atoms with van der Waals surface area (Å²) in [5.74, 6) is -1.06. The maximum absolute atomic E-state index is 14.1. The minimum Gasteiger partial charge on any atom is -0.370 e. The first-order chi connectivity index (χ1) is 13.8. The highest BCUT2D eigenvalue weighted by Gasteiger charge is 2.40. The highest BCUT2D eigenvalue weighted by Crippen LogP contribution is 2.35. The van der Waals surface area contributed by atoms with Crippen LogP contribution in [-0.4, -0.2) is 46.4 Å². The van der Waals surface area contributed by atoms with Gasteiger partial charge < -0.3 is 10.5 Å². The number of nitrogens with two attached hydrogens (primary N) is 1. The molecule has 1 aliphatic carbocycles. The van der Waals surface area contributed by atoms with Crippen molar-refractivity contribution in [3.63, 3.8) is 0 Å². The van der Waals surface area contributed by atoms with Crippen LogP contribution in [0.2, 0.25) is 0 Å². The van der Waals surface area contributed by atoms with E-state index in [9.17, 15) is 17.2 Å². The van der Waals surface area contributed by atoms with Gasteiger partial charge in [-0.2, -0.15) is 9.19 Å². The molecule has 3 heterocycles. The third-order valence-electron chi connectivity index (χ3n) is 5.97. The summed E-state index contributed by atoms with van der Waals surface area (Å²) in [6.45, 7) is 1.41. The number of rotatable bonds is 4. The van der Waals surface area contributed by atoms with Gasteiger partial charge in [0.15, 0.2) is 0 Å². The van der Waals surface area contributed by atoms with Gasteiger partial charge in [-0.3, -0.25) is 4.90 Å². The van der Waals surface area contributed by atoms with Gasteiger partial charge in [-0.05, 0) is 37.5 Å². The van der Waals surface area contributed by atoms with Gasteiger partial charge in [-0.1, -0.05) is 0 Å². The zero-order valence-electron chi connectivity index (χ0n) is 15.7. The summed E-state index contributed by atoms with van der Waals surface area (Å²) >= 11 is 0. The molecular formula is C19H22F2N4O3S. The van der Waals surface area contributed by atoms with Crippen molar-refractivity contribution in [3.8, 4) is 0 Å². The molecule has 29 heavy (non-hydrogen) atoms. The third kappa shape index (κ3) is 3.37. The zero-order chi connectivity index (χ0) is 20.3. The number of benzene rings is 1. The first-order valence-electron chi connectivity index (χ1n) is 9.71.